The summed E-state index contributed by atoms with van der Waals surface area (Å²) < 4.78 is 0. The molecule has 1 heterocycles. The maximum absolute atomic E-state index is 10.9. The molecule has 0 N–H and O–H groups in total. The lowest BCUT2D eigenvalue weighted by atomic mass is 10.2. The Morgan fingerprint density at radius 1 is 1.58 bits per heavy atom. The van der Waals surface area contributed by atoms with Crippen molar-refractivity contribution in [3.8, 4) is 6.07 Å². The largest absolute Gasteiger partial charge is 0.298 e. The van der Waals surface area contributed by atoms with Crippen LogP contribution < -0.4 is 0 Å². The standard InChI is InChI=1S/C9H8N2O/c10-5-4-9(12)7-8-3-1-2-6-11-8/h1-3,6H,4,7H2. The minimum absolute atomic E-state index is 0.0312. The van der Waals surface area contributed by atoms with E-state index < -0.39 is 0 Å². The van der Waals surface area contributed by atoms with Crippen molar-refractivity contribution in [2.24, 2.45) is 0 Å². The van der Waals surface area contributed by atoms with Gasteiger partial charge in [-0.1, -0.05) is 6.07 Å². The SMILES string of the molecule is N#CCC(=O)Cc1ccccn1. The minimum atomic E-state index is -0.0869. The maximum Gasteiger partial charge on any atom is 0.152 e. The molecule has 0 bridgehead atoms. The number of nitriles is 1. The minimum Gasteiger partial charge on any atom is -0.298 e. The third kappa shape index (κ3) is 2.51. The van der Waals surface area contributed by atoms with E-state index in [0.29, 0.717) is 0 Å². The lowest BCUT2D eigenvalue weighted by Gasteiger charge is -1.94. The number of pyridine rings is 1. The molecule has 60 valence electrons. The van der Waals surface area contributed by atoms with Gasteiger partial charge in [0, 0.05) is 18.3 Å². The fourth-order valence-corrected chi connectivity index (χ4v) is 0.855. The fraction of sp³-hybridized carbons (Fsp3) is 0.222. The molecule has 0 saturated heterocycles. The van der Waals surface area contributed by atoms with Gasteiger partial charge in [-0.05, 0) is 12.1 Å². The second kappa shape index (κ2) is 4.24. The van der Waals surface area contributed by atoms with Gasteiger partial charge in [0.25, 0.3) is 0 Å². The van der Waals surface area contributed by atoms with Crippen molar-refractivity contribution in [2.75, 3.05) is 0 Å². The number of aromatic nitrogens is 1. The van der Waals surface area contributed by atoms with Crippen LogP contribution >= 0.6 is 0 Å². The van der Waals surface area contributed by atoms with Crippen LogP contribution in [0.5, 0.6) is 0 Å². The Balaban J connectivity index is 2.54. The topological polar surface area (TPSA) is 53.8 Å². The molecule has 0 aromatic carbocycles. The number of Topliss-reactive ketones (excluding diaryl/α,β-unsaturated/α-hetero) is 1. The summed E-state index contributed by atoms with van der Waals surface area (Å²) >= 11 is 0. The van der Waals surface area contributed by atoms with Crippen molar-refractivity contribution in [1.29, 1.82) is 5.26 Å². The molecule has 0 unspecified atom stereocenters. The highest BCUT2D eigenvalue weighted by Crippen LogP contribution is 1.96. The lowest BCUT2D eigenvalue weighted by molar-refractivity contribution is -0.117. The quantitative estimate of drug-likeness (QED) is 0.665. The molecule has 0 aliphatic heterocycles. The normalized spacial score (nSPS) is 8.92. The van der Waals surface area contributed by atoms with Crippen LogP contribution in [-0.2, 0) is 11.2 Å². The van der Waals surface area contributed by atoms with Crippen LogP contribution in [0.15, 0.2) is 24.4 Å². The van der Waals surface area contributed by atoms with E-state index >= 15 is 0 Å². The molecule has 12 heavy (non-hydrogen) atoms. The van der Waals surface area contributed by atoms with Gasteiger partial charge in [0.15, 0.2) is 5.78 Å². The van der Waals surface area contributed by atoms with Crippen molar-refractivity contribution < 1.29 is 4.79 Å². The molecule has 1 rings (SSSR count). The average Bonchev–Trinajstić information content (AvgIpc) is 2.06. The van der Waals surface area contributed by atoms with Crippen LogP contribution in [0.4, 0.5) is 0 Å². The fourth-order valence-electron chi connectivity index (χ4n) is 0.855. The third-order valence-electron chi connectivity index (χ3n) is 1.38. The van der Waals surface area contributed by atoms with E-state index in [9.17, 15) is 4.79 Å². The molecule has 0 aliphatic rings. The van der Waals surface area contributed by atoms with Gasteiger partial charge in [0.05, 0.1) is 12.5 Å². The summed E-state index contributed by atoms with van der Waals surface area (Å²) in [6.45, 7) is 0. The Bertz CT molecular complexity index is 300. The summed E-state index contributed by atoms with van der Waals surface area (Å²) in [5.74, 6) is -0.0869. The van der Waals surface area contributed by atoms with Gasteiger partial charge in [-0.3, -0.25) is 9.78 Å². The molecule has 0 fully saturated rings. The Kier molecular flexibility index (Phi) is 2.97. The molecular weight excluding hydrogens is 152 g/mol. The molecular formula is C9H8N2O. The predicted octanol–water partition coefficient (Wildman–Crippen LogP) is 1.11. The zero-order valence-electron chi connectivity index (χ0n) is 6.53. The number of hydrogen-bond acceptors (Lipinski definition) is 3. The van der Waals surface area contributed by atoms with Crippen LogP contribution in [0.25, 0.3) is 0 Å². The van der Waals surface area contributed by atoms with Crippen molar-refractivity contribution in [2.45, 2.75) is 12.8 Å². The molecule has 0 saturated carbocycles. The van der Waals surface area contributed by atoms with E-state index in [1.165, 1.54) is 0 Å². The highest BCUT2D eigenvalue weighted by atomic mass is 16.1. The zero-order chi connectivity index (χ0) is 8.81. The monoisotopic (exact) mass is 160 g/mol. The van der Waals surface area contributed by atoms with Gasteiger partial charge in [0.2, 0.25) is 0 Å². The highest BCUT2D eigenvalue weighted by molar-refractivity contribution is 5.82. The van der Waals surface area contributed by atoms with E-state index in [-0.39, 0.29) is 18.6 Å². The Hall–Kier alpha value is -1.69. The van der Waals surface area contributed by atoms with Crippen molar-refractivity contribution in [1.82, 2.24) is 4.98 Å². The molecule has 0 spiro atoms. The van der Waals surface area contributed by atoms with E-state index in [4.69, 9.17) is 5.26 Å². The molecule has 0 aliphatic carbocycles. The van der Waals surface area contributed by atoms with Gasteiger partial charge >= 0.3 is 0 Å². The van der Waals surface area contributed by atoms with Gasteiger partial charge in [-0.25, -0.2) is 0 Å². The molecule has 0 amide bonds. The Morgan fingerprint density at radius 3 is 3.00 bits per heavy atom. The lowest BCUT2D eigenvalue weighted by Crippen LogP contribution is -2.02. The summed E-state index contributed by atoms with van der Waals surface area (Å²) in [4.78, 5) is 14.9. The molecule has 3 heteroatoms. The number of carbonyl (C=O) groups is 1. The van der Waals surface area contributed by atoms with E-state index in [0.717, 1.165) is 5.69 Å². The number of hydrogen-bond donors (Lipinski definition) is 0. The van der Waals surface area contributed by atoms with Crippen molar-refractivity contribution >= 4 is 5.78 Å². The smallest absolute Gasteiger partial charge is 0.152 e. The first-order valence-corrected chi connectivity index (χ1v) is 3.61. The molecule has 3 nitrogen and oxygen atoms in total. The van der Waals surface area contributed by atoms with Gasteiger partial charge in [-0.15, -0.1) is 0 Å². The molecule has 0 radical (unpaired) electrons. The van der Waals surface area contributed by atoms with Crippen LogP contribution in [0.1, 0.15) is 12.1 Å². The highest BCUT2D eigenvalue weighted by Gasteiger charge is 2.02. The van der Waals surface area contributed by atoms with Crippen LogP contribution in [0.3, 0.4) is 0 Å². The Labute approximate surface area is 70.7 Å². The van der Waals surface area contributed by atoms with Gasteiger partial charge < -0.3 is 0 Å². The number of nitrogens with zero attached hydrogens (tertiary/aromatic N) is 2. The van der Waals surface area contributed by atoms with Crippen molar-refractivity contribution in [3.05, 3.63) is 30.1 Å². The molecule has 1 aromatic rings. The van der Waals surface area contributed by atoms with E-state index in [2.05, 4.69) is 4.98 Å². The average molecular weight is 160 g/mol. The second-order valence-corrected chi connectivity index (χ2v) is 2.37. The van der Waals surface area contributed by atoms with Crippen molar-refractivity contribution in [3.63, 3.8) is 0 Å². The van der Waals surface area contributed by atoms with E-state index in [1.54, 1.807) is 18.3 Å². The first-order valence-electron chi connectivity index (χ1n) is 3.61. The van der Waals surface area contributed by atoms with Gasteiger partial charge in [0.1, 0.15) is 0 Å². The van der Waals surface area contributed by atoms with Gasteiger partial charge in [-0.2, -0.15) is 5.26 Å². The summed E-state index contributed by atoms with van der Waals surface area (Å²) in [5, 5.41) is 8.22. The third-order valence-corrected chi connectivity index (χ3v) is 1.38. The van der Waals surface area contributed by atoms with Crippen LogP contribution in [0.2, 0.25) is 0 Å². The summed E-state index contributed by atoms with van der Waals surface area (Å²) in [5.41, 5.74) is 0.720. The summed E-state index contributed by atoms with van der Waals surface area (Å²) in [6, 6.07) is 7.19. The first-order chi connectivity index (χ1) is 5.83. The number of ketones is 1. The first kappa shape index (κ1) is 8.41. The Morgan fingerprint density at radius 2 is 2.42 bits per heavy atom. The molecule has 0 atom stereocenters. The number of rotatable bonds is 3. The summed E-state index contributed by atoms with van der Waals surface area (Å²) in [6.07, 6.45) is 1.86. The molecule has 1 aromatic heterocycles. The maximum atomic E-state index is 10.9. The predicted molar refractivity (Wildman–Crippen MR) is 43.2 cm³/mol. The number of carbonyl (C=O) groups excluding carboxylic acids is 1. The van der Waals surface area contributed by atoms with E-state index in [1.807, 2.05) is 12.1 Å². The van der Waals surface area contributed by atoms with Crippen LogP contribution in [-0.4, -0.2) is 10.8 Å². The summed E-state index contributed by atoms with van der Waals surface area (Å²) in [7, 11) is 0. The van der Waals surface area contributed by atoms with Crippen LogP contribution in [0, 0.1) is 11.3 Å². The second-order valence-electron chi connectivity index (χ2n) is 2.37. The zero-order valence-corrected chi connectivity index (χ0v) is 6.53.